The zero-order valence-corrected chi connectivity index (χ0v) is 39.2. The number of benzene rings is 8. The Labute approximate surface area is 377 Å². The summed E-state index contributed by atoms with van der Waals surface area (Å²) in [5.74, 6) is 0.315. The Morgan fingerprint density at radius 2 is 1.25 bits per heavy atom. The van der Waals surface area contributed by atoms with Gasteiger partial charge in [0.05, 0.1) is 0 Å². The van der Waals surface area contributed by atoms with E-state index in [-0.39, 0.29) is 52.6 Å². The molecule has 0 spiro atoms. The van der Waals surface area contributed by atoms with Crippen molar-refractivity contribution < 1.29 is 42.4 Å². The third kappa shape index (κ3) is 4.12. The van der Waals surface area contributed by atoms with Gasteiger partial charge in [0, 0.05) is 0 Å². The van der Waals surface area contributed by atoms with Crippen molar-refractivity contribution in [3.63, 3.8) is 0 Å². The van der Waals surface area contributed by atoms with E-state index >= 15 is 0 Å². The van der Waals surface area contributed by atoms with E-state index in [2.05, 4.69) is 178 Å². The SMILES string of the molecule is CC(C)(C)c1cc2c3c(c1)-c1c4c(cc5c1c(cc1c6ccccc6sc51)N3c1cc3c(c5cc6c(c-2c15)[I-]c1ccccc1-6)SC1(C)C=CC=CC31)-c1ccccc1[I-]4. The molecule has 0 bridgehead atoms. The van der Waals surface area contributed by atoms with Crippen LogP contribution in [0, 0.1) is 14.3 Å². The molecule has 0 N–H and O–H groups in total. The summed E-state index contributed by atoms with van der Waals surface area (Å²) in [6.45, 7) is 9.72. The van der Waals surface area contributed by atoms with Gasteiger partial charge in [-0.2, -0.15) is 0 Å². The summed E-state index contributed by atoms with van der Waals surface area (Å²) in [6, 6.07) is 43.6. The molecule has 0 radical (unpaired) electrons. The fraction of sp³-hybridized carbons (Fsp3) is 0.127. The number of nitrogens with zero attached hydrogens (tertiary/aromatic N) is 1. The maximum atomic E-state index is 2.79. The molecule has 9 aromatic rings. The first-order chi connectivity index (χ1) is 29.2. The second kappa shape index (κ2) is 11.3. The summed E-state index contributed by atoms with van der Waals surface area (Å²) in [4.78, 5) is 4.26. The molecule has 288 valence electrons. The van der Waals surface area contributed by atoms with Gasteiger partial charge in [-0.15, -0.1) is 0 Å². The number of anilines is 3. The van der Waals surface area contributed by atoms with Gasteiger partial charge in [-0.1, -0.05) is 0 Å². The normalized spacial score (nSPS) is 19.5. The first kappa shape index (κ1) is 34.2. The summed E-state index contributed by atoms with van der Waals surface area (Å²) in [5.41, 5.74) is 18.7. The van der Waals surface area contributed by atoms with Crippen molar-refractivity contribution in [2.75, 3.05) is 4.90 Å². The minimum atomic E-state index is -0.390. The molecule has 60 heavy (non-hydrogen) atoms. The zero-order valence-electron chi connectivity index (χ0n) is 33.3. The van der Waals surface area contributed by atoms with E-state index in [0.717, 1.165) is 0 Å². The Bertz CT molecular complexity index is 3660. The number of halogens is 2. The van der Waals surface area contributed by atoms with Crippen LogP contribution in [0.4, 0.5) is 17.1 Å². The Morgan fingerprint density at radius 3 is 1.97 bits per heavy atom. The molecule has 2 unspecified atom stereocenters. The summed E-state index contributed by atoms with van der Waals surface area (Å²) in [5, 5.41) is 8.49. The van der Waals surface area contributed by atoms with E-state index < -0.39 is 0 Å². The summed E-state index contributed by atoms with van der Waals surface area (Å²) in [6.07, 6.45) is 9.49. The molecule has 8 aromatic carbocycles. The van der Waals surface area contributed by atoms with Gasteiger partial charge in [0.2, 0.25) is 0 Å². The van der Waals surface area contributed by atoms with Crippen LogP contribution in [-0.4, -0.2) is 4.75 Å². The number of thioether (sulfide) groups is 1. The van der Waals surface area contributed by atoms with Crippen LogP contribution in [-0.2, 0) is 5.41 Å². The van der Waals surface area contributed by atoms with Crippen LogP contribution in [0.1, 0.15) is 44.7 Å². The maximum absolute atomic E-state index is 2.79. The van der Waals surface area contributed by atoms with Gasteiger partial charge in [0.1, 0.15) is 0 Å². The summed E-state index contributed by atoms with van der Waals surface area (Å²) >= 11 is 3.30. The van der Waals surface area contributed by atoms with Gasteiger partial charge in [0.25, 0.3) is 0 Å². The molecular formula is C55H35I2NS2-2. The van der Waals surface area contributed by atoms with Crippen molar-refractivity contribution in [2.45, 2.75) is 48.7 Å². The average molecular weight is 1030 g/mol. The Kier molecular flexibility index (Phi) is 6.46. The Hall–Kier alpha value is -4.41. The second-order valence-corrected chi connectivity index (χ2v) is 26.5. The topological polar surface area (TPSA) is 3.24 Å². The van der Waals surface area contributed by atoms with Crippen LogP contribution in [0.2, 0.25) is 0 Å². The number of hydrogen-bond donors (Lipinski definition) is 0. The monoisotopic (exact) mass is 1030 g/mol. The van der Waals surface area contributed by atoms with Gasteiger partial charge < -0.3 is 0 Å². The van der Waals surface area contributed by atoms with Crippen LogP contribution in [0.5, 0.6) is 0 Å². The van der Waals surface area contributed by atoms with Gasteiger partial charge in [-0.3, -0.25) is 0 Å². The standard InChI is InChI=1S/C55H35I2NS2/c1-54(2,3)27-21-35-47-45-37(23-31-28-13-5-8-17-40(28)56-49(31)47)52-33(30-15-7-10-19-44(30)59-52)25-42(45)58-43-26-34-39-16-11-12-20-55(39,4)60-53(34)38-24-32-29-14-6-9-18-41(29)57-50(32)48(46(38)43)36(22-27)51(35)58/h5-26,39H,1-4H3/q-2. The summed E-state index contributed by atoms with van der Waals surface area (Å²) < 4.78 is 9.08. The van der Waals surface area contributed by atoms with Crippen molar-refractivity contribution in [2.24, 2.45) is 0 Å². The number of allylic oxidation sites excluding steroid dienone is 3. The predicted molar refractivity (Wildman–Crippen MR) is 247 cm³/mol. The molecule has 0 saturated heterocycles. The fourth-order valence-electron chi connectivity index (χ4n) is 11.3. The van der Waals surface area contributed by atoms with Crippen LogP contribution in [0.15, 0.2) is 138 Å². The van der Waals surface area contributed by atoms with E-state index in [9.17, 15) is 0 Å². The molecule has 6 aliphatic rings. The average Bonchev–Trinajstić information content (AvgIpc) is 4.01. The number of hydrogen-bond acceptors (Lipinski definition) is 3. The van der Waals surface area contributed by atoms with Crippen molar-refractivity contribution in [3.8, 4) is 44.5 Å². The molecule has 1 aliphatic carbocycles. The van der Waals surface area contributed by atoms with Crippen molar-refractivity contribution in [1.29, 1.82) is 0 Å². The van der Waals surface area contributed by atoms with Gasteiger partial charge in [-0.25, -0.2) is 0 Å². The molecule has 15 rings (SSSR count). The van der Waals surface area contributed by atoms with Crippen LogP contribution >= 0.6 is 23.1 Å². The molecule has 0 saturated carbocycles. The molecule has 6 heterocycles. The molecule has 2 atom stereocenters. The molecule has 0 amide bonds. The molecule has 1 aromatic heterocycles. The quantitative estimate of drug-likeness (QED) is 0.140. The van der Waals surface area contributed by atoms with Crippen molar-refractivity contribution in [3.05, 3.63) is 159 Å². The molecule has 0 fully saturated rings. The van der Waals surface area contributed by atoms with E-state index in [1.165, 1.54) is 119 Å². The van der Waals surface area contributed by atoms with Gasteiger partial charge >= 0.3 is 381 Å². The Morgan fingerprint density at radius 1 is 0.617 bits per heavy atom. The molecule has 1 nitrogen and oxygen atoms in total. The van der Waals surface area contributed by atoms with E-state index in [0.29, 0.717) is 5.92 Å². The molecule has 5 aliphatic heterocycles. The van der Waals surface area contributed by atoms with E-state index in [1.807, 2.05) is 11.3 Å². The third-order valence-corrected chi connectivity index (χ3v) is 23.1. The Balaban J connectivity index is 1.18. The van der Waals surface area contributed by atoms with Crippen LogP contribution in [0.25, 0.3) is 86.2 Å². The summed E-state index contributed by atoms with van der Waals surface area (Å²) in [7, 11) is 0. The van der Waals surface area contributed by atoms with E-state index in [4.69, 9.17) is 0 Å². The van der Waals surface area contributed by atoms with E-state index in [1.54, 1.807) is 14.3 Å². The van der Waals surface area contributed by atoms with Crippen LogP contribution in [0.3, 0.4) is 0 Å². The predicted octanol–water partition coefficient (Wildman–Crippen LogP) is 9.38. The van der Waals surface area contributed by atoms with Crippen molar-refractivity contribution in [1.82, 2.24) is 0 Å². The van der Waals surface area contributed by atoms with Crippen molar-refractivity contribution >= 4 is 81.9 Å². The zero-order chi connectivity index (χ0) is 39.6. The first-order valence-corrected chi connectivity index (χ1v) is 26.8. The number of thiophene rings is 1. The van der Waals surface area contributed by atoms with Gasteiger partial charge in [-0.05, 0) is 0 Å². The minimum absolute atomic E-state index is 0.0202. The van der Waals surface area contributed by atoms with Gasteiger partial charge in [0.15, 0.2) is 0 Å². The second-order valence-electron chi connectivity index (χ2n) is 18.4. The first-order valence-electron chi connectivity index (χ1n) is 20.9. The fourth-order valence-corrected chi connectivity index (χ4v) is 20.6. The number of fused-ring (bicyclic) bond motifs is 20. The third-order valence-electron chi connectivity index (χ3n) is 14.1. The molecular weight excluding hydrogens is 993 g/mol. The molecule has 5 heteroatoms. The number of rotatable bonds is 0. The van der Waals surface area contributed by atoms with Crippen LogP contribution < -0.4 is 47.3 Å².